The number of hydrogen-bond acceptors (Lipinski definition) is 4. The molecule has 3 heterocycles. The molecular formula is C15H24N4O4S. The van der Waals surface area contributed by atoms with Crippen LogP contribution < -0.4 is 5.73 Å². The number of carbonyl (C=O) groups excluding carboxylic acids is 1. The summed E-state index contributed by atoms with van der Waals surface area (Å²) in [6.07, 6.45) is 6.43. The highest BCUT2D eigenvalue weighted by atomic mass is 32.2. The van der Waals surface area contributed by atoms with Gasteiger partial charge in [0, 0.05) is 38.4 Å². The molecule has 2 saturated heterocycles. The van der Waals surface area contributed by atoms with Crippen molar-refractivity contribution in [1.82, 2.24) is 13.6 Å². The smallest absolute Gasteiger partial charge is 0.284 e. The lowest BCUT2D eigenvalue weighted by atomic mass is 9.92. The molecule has 4 N–H and O–H groups in total. The van der Waals surface area contributed by atoms with Crippen LogP contribution in [0.4, 0.5) is 0 Å². The Balaban J connectivity index is 1.75. The molecule has 0 bridgehead atoms. The van der Waals surface area contributed by atoms with Crippen LogP contribution >= 0.6 is 0 Å². The van der Waals surface area contributed by atoms with Gasteiger partial charge in [-0.05, 0) is 43.2 Å². The van der Waals surface area contributed by atoms with Gasteiger partial charge in [0.25, 0.3) is 16.1 Å². The fourth-order valence-electron chi connectivity index (χ4n) is 3.64. The van der Waals surface area contributed by atoms with E-state index in [1.54, 1.807) is 0 Å². The second-order valence-corrected chi connectivity index (χ2v) is 8.39. The average Bonchev–Trinajstić information content (AvgIpc) is 3.09. The average molecular weight is 356 g/mol. The van der Waals surface area contributed by atoms with Crippen molar-refractivity contribution >= 4 is 16.1 Å². The van der Waals surface area contributed by atoms with E-state index in [1.165, 1.54) is 9.87 Å². The number of H-pyrrole nitrogens is 1. The van der Waals surface area contributed by atoms with Gasteiger partial charge in [0.15, 0.2) is 0 Å². The molecule has 1 atom stereocenters. The number of rotatable bonds is 4. The molecule has 1 amide bonds. The summed E-state index contributed by atoms with van der Waals surface area (Å²) in [5.41, 5.74) is 4.35. The Morgan fingerprint density at radius 1 is 1.29 bits per heavy atom. The highest BCUT2D eigenvalue weighted by Gasteiger charge is 2.50. The monoisotopic (exact) mass is 356 g/mol. The van der Waals surface area contributed by atoms with Crippen LogP contribution in [0.25, 0.3) is 0 Å². The number of nitrogens with two attached hydrogens (primary N) is 1. The summed E-state index contributed by atoms with van der Waals surface area (Å²) in [6, 6.07) is 2.01. The Kier molecular flexibility index (Phi) is 4.69. The summed E-state index contributed by atoms with van der Waals surface area (Å²) in [5, 5.41) is 10.5. The van der Waals surface area contributed by atoms with E-state index in [1.807, 2.05) is 18.5 Å². The zero-order chi connectivity index (χ0) is 17.4. The minimum Gasteiger partial charge on any atom is -0.367 e. The topological polar surface area (TPSA) is 120 Å². The third-order valence-corrected chi connectivity index (χ3v) is 7.16. The number of amides is 1. The first-order valence-electron chi connectivity index (χ1n) is 8.28. The molecule has 1 aromatic rings. The molecule has 8 nitrogen and oxygen atoms in total. The zero-order valence-electron chi connectivity index (χ0n) is 13.5. The molecule has 2 aliphatic rings. The first-order valence-corrected chi connectivity index (χ1v) is 9.68. The van der Waals surface area contributed by atoms with Crippen molar-refractivity contribution in [3.8, 4) is 0 Å². The molecule has 9 heteroatoms. The molecule has 134 valence electrons. The van der Waals surface area contributed by atoms with E-state index < -0.39 is 21.8 Å². The normalized spacial score (nSPS) is 28.0. The number of nitrogens with zero attached hydrogens (tertiary/aromatic N) is 2. The summed E-state index contributed by atoms with van der Waals surface area (Å²) in [4.78, 5) is 14.7. The predicted octanol–water partition coefficient (Wildman–Crippen LogP) is 0.0987. The first-order chi connectivity index (χ1) is 11.4. The van der Waals surface area contributed by atoms with E-state index >= 15 is 0 Å². The van der Waals surface area contributed by atoms with Crippen molar-refractivity contribution in [1.29, 1.82) is 0 Å². The Labute approximate surface area is 141 Å². The van der Waals surface area contributed by atoms with Gasteiger partial charge in [-0.25, -0.2) is 0 Å². The van der Waals surface area contributed by atoms with Crippen molar-refractivity contribution in [2.75, 3.05) is 19.6 Å². The Morgan fingerprint density at radius 3 is 2.58 bits per heavy atom. The quantitative estimate of drug-likeness (QED) is 0.708. The van der Waals surface area contributed by atoms with Crippen LogP contribution in [0.2, 0.25) is 0 Å². The fraction of sp³-hybridized carbons (Fsp3) is 0.667. The van der Waals surface area contributed by atoms with Crippen LogP contribution in [0, 0.1) is 0 Å². The van der Waals surface area contributed by atoms with Crippen LogP contribution in [0.5, 0.6) is 0 Å². The van der Waals surface area contributed by atoms with Crippen LogP contribution in [0.1, 0.15) is 43.6 Å². The van der Waals surface area contributed by atoms with Crippen molar-refractivity contribution in [2.24, 2.45) is 5.73 Å². The van der Waals surface area contributed by atoms with Crippen LogP contribution in [0.3, 0.4) is 0 Å². The summed E-state index contributed by atoms with van der Waals surface area (Å²) in [7, 11) is -3.92. The Bertz CT molecular complexity index is 682. The van der Waals surface area contributed by atoms with Crippen LogP contribution in [-0.4, -0.2) is 58.4 Å². The third kappa shape index (κ3) is 2.97. The number of nitrogens with one attached hydrogen (secondary N) is 1. The number of aromatic nitrogens is 1. The standard InChI is InChI=1S/C15H24N4O4S/c16-14(20)15(21)6-1-2-8-19(15)24(22,23)18-9-4-12(5-10-18)13-3-7-17-11-13/h3,7,11-12,17,21H,1-2,4-6,8-10H2,(H2,16,20)/t15-/m1/s1. The first kappa shape index (κ1) is 17.4. The lowest BCUT2D eigenvalue weighted by Gasteiger charge is -2.43. The maximum atomic E-state index is 12.9. The number of carbonyl (C=O) groups is 1. The molecular weight excluding hydrogens is 332 g/mol. The zero-order valence-corrected chi connectivity index (χ0v) is 14.3. The van der Waals surface area contributed by atoms with Gasteiger partial charge in [0.2, 0.25) is 5.72 Å². The van der Waals surface area contributed by atoms with E-state index in [9.17, 15) is 18.3 Å². The van der Waals surface area contributed by atoms with E-state index in [0.717, 1.165) is 4.31 Å². The minimum atomic E-state index is -3.92. The van der Waals surface area contributed by atoms with Crippen LogP contribution in [-0.2, 0) is 15.0 Å². The molecule has 2 fully saturated rings. The van der Waals surface area contributed by atoms with Gasteiger partial charge in [-0.3, -0.25) is 4.79 Å². The number of hydrogen-bond donors (Lipinski definition) is 3. The Morgan fingerprint density at radius 2 is 2.00 bits per heavy atom. The summed E-state index contributed by atoms with van der Waals surface area (Å²) < 4.78 is 28.1. The molecule has 0 saturated carbocycles. The van der Waals surface area contributed by atoms with Gasteiger partial charge < -0.3 is 15.8 Å². The van der Waals surface area contributed by atoms with E-state index in [2.05, 4.69) is 4.98 Å². The van der Waals surface area contributed by atoms with Crippen molar-refractivity contribution < 1.29 is 18.3 Å². The van der Waals surface area contributed by atoms with Gasteiger partial charge in [-0.2, -0.15) is 12.7 Å². The fourth-order valence-corrected chi connectivity index (χ4v) is 5.51. The minimum absolute atomic E-state index is 0.0430. The number of primary amides is 1. The maximum Gasteiger partial charge on any atom is 0.284 e. The van der Waals surface area contributed by atoms with E-state index in [-0.39, 0.29) is 13.0 Å². The van der Waals surface area contributed by atoms with Gasteiger partial charge in [0.05, 0.1) is 0 Å². The SMILES string of the molecule is NC(=O)[C@]1(O)CCCCN1S(=O)(=O)N1CCC(c2cc[nH]c2)CC1. The lowest BCUT2D eigenvalue weighted by Crippen LogP contribution is -2.64. The van der Waals surface area contributed by atoms with E-state index in [4.69, 9.17) is 5.73 Å². The van der Waals surface area contributed by atoms with Gasteiger partial charge >= 0.3 is 0 Å². The molecule has 0 aromatic carbocycles. The number of aliphatic hydroxyl groups is 1. The second-order valence-electron chi connectivity index (χ2n) is 6.54. The summed E-state index contributed by atoms with van der Waals surface area (Å²) in [5.74, 6) is -0.688. The van der Waals surface area contributed by atoms with E-state index in [0.29, 0.717) is 44.7 Å². The predicted molar refractivity (Wildman–Crippen MR) is 88.0 cm³/mol. The van der Waals surface area contributed by atoms with Gasteiger partial charge in [-0.15, -0.1) is 4.31 Å². The molecule has 1 aromatic heterocycles. The highest BCUT2D eigenvalue weighted by molar-refractivity contribution is 7.86. The maximum absolute atomic E-state index is 12.9. The molecule has 0 unspecified atom stereocenters. The Hall–Kier alpha value is -1.42. The summed E-state index contributed by atoms with van der Waals surface area (Å²) in [6.45, 7) is 0.840. The van der Waals surface area contributed by atoms with Crippen molar-refractivity contribution in [2.45, 2.75) is 43.7 Å². The number of piperidine rings is 2. The molecule has 0 spiro atoms. The second kappa shape index (κ2) is 6.47. The molecule has 0 aliphatic carbocycles. The third-order valence-electron chi connectivity index (χ3n) is 5.10. The number of aromatic amines is 1. The van der Waals surface area contributed by atoms with Crippen LogP contribution in [0.15, 0.2) is 18.5 Å². The van der Waals surface area contributed by atoms with Crippen molar-refractivity contribution in [3.63, 3.8) is 0 Å². The molecule has 0 radical (unpaired) electrons. The van der Waals surface area contributed by atoms with Gasteiger partial charge in [-0.1, -0.05) is 0 Å². The largest absolute Gasteiger partial charge is 0.367 e. The summed E-state index contributed by atoms with van der Waals surface area (Å²) >= 11 is 0. The molecule has 24 heavy (non-hydrogen) atoms. The molecule has 2 aliphatic heterocycles. The molecule has 3 rings (SSSR count). The highest BCUT2D eigenvalue weighted by Crippen LogP contribution is 2.33. The van der Waals surface area contributed by atoms with Gasteiger partial charge in [0.1, 0.15) is 0 Å². The van der Waals surface area contributed by atoms with Crippen molar-refractivity contribution in [3.05, 3.63) is 24.0 Å². The lowest BCUT2D eigenvalue weighted by molar-refractivity contribution is -0.155.